The van der Waals surface area contributed by atoms with Crippen LogP contribution in [0.3, 0.4) is 0 Å². The number of hydrogen-bond acceptors (Lipinski definition) is 7. The summed E-state index contributed by atoms with van der Waals surface area (Å²) < 4.78 is 46.5. The summed E-state index contributed by atoms with van der Waals surface area (Å²) in [6, 6.07) is 11.8. The first-order valence-electron chi connectivity index (χ1n) is 10.9. The van der Waals surface area contributed by atoms with E-state index < -0.39 is 26.8 Å². The van der Waals surface area contributed by atoms with Crippen molar-refractivity contribution >= 4 is 15.9 Å². The van der Waals surface area contributed by atoms with Crippen LogP contribution < -0.4 is 4.72 Å². The number of amides is 1. The molecule has 1 fully saturated rings. The lowest BCUT2D eigenvalue weighted by atomic mass is 10.1. The Morgan fingerprint density at radius 3 is 2.50 bits per heavy atom. The Morgan fingerprint density at radius 1 is 1.12 bits per heavy atom. The Kier molecular flexibility index (Phi) is 7.05. The van der Waals surface area contributed by atoms with Crippen LogP contribution in [0.5, 0.6) is 0 Å². The molecular weight excluding hydrogens is 461 g/mol. The third-order valence-corrected chi connectivity index (χ3v) is 7.30. The summed E-state index contributed by atoms with van der Waals surface area (Å²) in [5.41, 5.74) is 1.97. The van der Waals surface area contributed by atoms with Gasteiger partial charge in [0.15, 0.2) is 0 Å². The highest BCUT2D eigenvalue weighted by Gasteiger charge is 2.29. The molecule has 2 aromatic carbocycles. The van der Waals surface area contributed by atoms with Crippen LogP contribution in [0.15, 0.2) is 57.9 Å². The second kappa shape index (κ2) is 10.00. The molecule has 0 spiro atoms. The van der Waals surface area contributed by atoms with Crippen molar-refractivity contribution in [3.63, 3.8) is 0 Å². The molecule has 0 radical (unpaired) electrons. The van der Waals surface area contributed by atoms with Crippen LogP contribution in [0.2, 0.25) is 0 Å². The highest BCUT2D eigenvalue weighted by Crippen LogP contribution is 2.20. The zero-order valence-corrected chi connectivity index (χ0v) is 19.8. The Bertz CT molecular complexity index is 1270. The minimum absolute atomic E-state index is 0.362. The monoisotopic (exact) mass is 487 g/mol. The molecule has 3 aromatic rings. The standard InChI is InChI=1S/C23H26FN5O4S/c1-16-7-3-4-8-18(16)22-25-21(33-26-22)15-28-11-13-29(14-12-28)23(30)17(2)27-34(31,32)20-10-6-5-9-19(20)24/h3-10,17,27H,11-15H2,1-2H3/t17-/m0/s1. The zero-order chi connectivity index (χ0) is 24.3. The number of rotatable bonds is 7. The normalized spacial score (nSPS) is 15.9. The maximum Gasteiger partial charge on any atom is 0.244 e. The van der Waals surface area contributed by atoms with Gasteiger partial charge in [0.1, 0.15) is 10.7 Å². The SMILES string of the molecule is Cc1ccccc1-c1noc(CN2CCN(C(=O)[C@H](C)NS(=O)(=O)c3ccccc3F)CC2)n1. The van der Waals surface area contributed by atoms with Crippen LogP contribution >= 0.6 is 0 Å². The molecule has 0 bridgehead atoms. The molecule has 11 heteroatoms. The fourth-order valence-electron chi connectivity index (χ4n) is 3.85. The predicted molar refractivity (Wildman–Crippen MR) is 123 cm³/mol. The predicted octanol–water partition coefficient (Wildman–Crippen LogP) is 2.20. The molecule has 1 aromatic heterocycles. The van der Waals surface area contributed by atoms with Crippen LogP contribution in [0.4, 0.5) is 4.39 Å². The Morgan fingerprint density at radius 2 is 1.79 bits per heavy atom. The fourth-order valence-corrected chi connectivity index (χ4v) is 5.13. The maximum absolute atomic E-state index is 13.9. The van der Waals surface area contributed by atoms with Gasteiger partial charge in [0.05, 0.1) is 12.6 Å². The first-order valence-corrected chi connectivity index (χ1v) is 12.4. The van der Waals surface area contributed by atoms with Gasteiger partial charge in [-0.25, -0.2) is 12.8 Å². The van der Waals surface area contributed by atoms with E-state index in [9.17, 15) is 17.6 Å². The summed E-state index contributed by atoms with van der Waals surface area (Å²) in [5.74, 6) is -0.198. The number of hydrogen-bond donors (Lipinski definition) is 1. The average molecular weight is 488 g/mol. The van der Waals surface area contributed by atoms with E-state index in [4.69, 9.17) is 4.52 Å². The van der Waals surface area contributed by atoms with Gasteiger partial charge in [-0.1, -0.05) is 41.6 Å². The molecule has 1 saturated heterocycles. The molecule has 1 aliphatic rings. The zero-order valence-electron chi connectivity index (χ0n) is 18.9. The highest BCUT2D eigenvalue weighted by molar-refractivity contribution is 7.89. The molecule has 34 heavy (non-hydrogen) atoms. The van der Waals surface area contributed by atoms with Gasteiger partial charge >= 0.3 is 0 Å². The van der Waals surface area contributed by atoms with E-state index in [1.54, 1.807) is 4.90 Å². The molecule has 1 atom stereocenters. The Balaban J connectivity index is 1.31. The lowest BCUT2D eigenvalue weighted by molar-refractivity contribution is -0.134. The molecule has 0 unspecified atom stereocenters. The summed E-state index contributed by atoms with van der Waals surface area (Å²) in [6.07, 6.45) is 0. The minimum atomic E-state index is -4.16. The number of aromatic nitrogens is 2. The van der Waals surface area contributed by atoms with Crippen molar-refractivity contribution in [1.29, 1.82) is 0 Å². The molecule has 9 nitrogen and oxygen atoms in total. The number of piperazine rings is 1. The second-order valence-electron chi connectivity index (χ2n) is 8.20. The summed E-state index contributed by atoms with van der Waals surface area (Å²) in [5, 5.41) is 4.08. The first-order chi connectivity index (χ1) is 16.2. The molecule has 180 valence electrons. The number of nitrogens with zero attached hydrogens (tertiary/aromatic N) is 4. The average Bonchev–Trinajstić information content (AvgIpc) is 3.27. The first kappa shape index (κ1) is 24.0. The third kappa shape index (κ3) is 5.32. The largest absolute Gasteiger partial charge is 0.339 e. The van der Waals surface area contributed by atoms with Gasteiger partial charge in [0.2, 0.25) is 27.6 Å². The quantitative estimate of drug-likeness (QED) is 0.544. The lowest BCUT2D eigenvalue weighted by Crippen LogP contribution is -2.53. The smallest absolute Gasteiger partial charge is 0.244 e. The van der Waals surface area contributed by atoms with Crippen molar-refractivity contribution in [3.8, 4) is 11.4 Å². The van der Waals surface area contributed by atoms with Crippen LogP contribution in [0.25, 0.3) is 11.4 Å². The van der Waals surface area contributed by atoms with E-state index in [0.29, 0.717) is 44.4 Å². The Labute approximate surface area is 197 Å². The van der Waals surface area contributed by atoms with E-state index in [-0.39, 0.29) is 5.91 Å². The topological polar surface area (TPSA) is 109 Å². The number of halogens is 1. The molecule has 4 rings (SSSR count). The minimum Gasteiger partial charge on any atom is -0.339 e. The summed E-state index contributed by atoms with van der Waals surface area (Å²) >= 11 is 0. The summed E-state index contributed by atoms with van der Waals surface area (Å²) in [6.45, 7) is 5.88. The number of carbonyl (C=O) groups is 1. The van der Waals surface area contributed by atoms with Crippen molar-refractivity contribution in [2.24, 2.45) is 0 Å². The van der Waals surface area contributed by atoms with Gasteiger partial charge in [-0.05, 0) is 31.5 Å². The van der Waals surface area contributed by atoms with Crippen LogP contribution in [-0.4, -0.2) is 66.5 Å². The lowest BCUT2D eigenvalue weighted by Gasteiger charge is -2.35. The highest BCUT2D eigenvalue weighted by atomic mass is 32.2. The molecule has 0 saturated carbocycles. The van der Waals surface area contributed by atoms with E-state index in [2.05, 4.69) is 19.8 Å². The van der Waals surface area contributed by atoms with Gasteiger partial charge in [0, 0.05) is 31.7 Å². The van der Waals surface area contributed by atoms with Gasteiger partial charge in [0.25, 0.3) is 0 Å². The van der Waals surface area contributed by atoms with Crippen molar-refractivity contribution < 1.29 is 22.1 Å². The summed E-state index contributed by atoms with van der Waals surface area (Å²) in [4.78, 5) is 20.5. The van der Waals surface area contributed by atoms with Crippen LogP contribution in [0, 0.1) is 12.7 Å². The number of aryl methyl sites for hydroxylation is 1. The molecule has 1 N–H and O–H groups in total. The van der Waals surface area contributed by atoms with Crippen LogP contribution in [0.1, 0.15) is 18.4 Å². The second-order valence-corrected chi connectivity index (χ2v) is 9.88. The number of benzene rings is 2. The van der Waals surface area contributed by atoms with Gasteiger partial charge < -0.3 is 9.42 Å². The third-order valence-electron chi connectivity index (χ3n) is 5.73. The molecular formula is C23H26FN5O4S. The van der Waals surface area contributed by atoms with E-state index in [1.807, 2.05) is 31.2 Å². The molecule has 0 aliphatic carbocycles. The van der Waals surface area contributed by atoms with Gasteiger partial charge in [-0.3, -0.25) is 9.69 Å². The van der Waals surface area contributed by atoms with Crippen molar-refractivity contribution in [2.75, 3.05) is 26.2 Å². The van der Waals surface area contributed by atoms with E-state index in [0.717, 1.165) is 23.3 Å². The Hall–Kier alpha value is -3.15. The van der Waals surface area contributed by atoms with Crippen molar-refractivity contribution in [3.05, 3.63) is 65.8 Å². The fraction of sp³-hybridized carbons (Fsp3) is 0.348. The molecule has 1 aliphatic heterocycles. The van der Waals surface area contributed by atoms with Crippen molar-refractivity contribution in [2.45, 2.75) is 31.3 Å². The van der Waals surface area contributed by atoms with E-state index in [1.165, 1.54) is 19.1 Å². The van der Waals surface area contributed by atoms with Crippen LogP contribution in [-0.2, 0) is 21.4 Å². The molecule has 2 heterocycles. The number of sulfonamides is 1. The molecule has 1 amide bonds. The number of carbonyl (C=O) groups excluding carboxylic acids is 1. The summed E-state index contributed by atoms with van der Waals surface area (Å²) in [7, 11) is -4.16. The van der Waals surface area contributed by atoms with Crippen molar-refractivity contribution in [1.82, 2.24) is 24.7 Å². The number of nitrogens with one attached hydrogen (secondary N) is 1. The maximum atomic E-state index is 13.9. The van der Waals surface area contributed by atoms with E-state index >= 15 is 0 Å². The van der Waals surface area contributed by atoms with Gasteiger partial charge in [-0.2, -0.15) is 9.71 Å². The van der Waals surface area contributed by atoms with Gasteiger partial charge in [-0.15, -0.1) is 0 Å².